The van der Waals surface area contributed by atoms with Crippen molar-refractivity contribution in [3.05, 3.63) is 53.1 Å². The van der Waals surface area contributed by atoms with Gasteiger partial charge in [-0.15, -0.1) is 0 Å². The van der Waals surface area contributed by atoms with Gasteiger partial charge >= 0.3 is 100 Å². The molecule has 204 valence electrons. The molecule has 0 atom stereocenters. The van der Waals surface area contributed by atoms with E-state index in [9.17, 15) is 23.2 Å². The minimum atomic E-state index is -5.14. The summed E-state index contributed by atoms with van der Waals surface area (Å²) in [6.45, 7) is 9.37. The molecule has 0 unspecified atom stereocenters. The van der Waals surface area contributed by atoms with Gasteiger partial charge in [-0.05, 0) is 49.8 Å². The monoisotopic (exact) mass is 581 g/mol. The molecule has 37 heavy (non-hydrogen) atoms. The molecule has 1 amide bonds. The van der Waals surface area contributed by atoms with E-state index in [0.717, 1.165) is 18.4 Å². The first-order chi connectivity index (χ1) is 17.4. The Bertz CT molecular complexity index is 1110. The molecule has 0 saturated carbocycles. The number of hydrogen-bond donors (Lipinski definition) is 4. The molecule has 0 radical (unpaired) electrons. The Balaban J connectivity index is 0.000000397. The molecular weight excluding hydrogens is 545 g/mol. The first-order valence-electron chi connectivity index (χ1n) is 12.0. The number of para-hydroxylation sites is 1. The third kappa shape index (κ3) is 10.1. The van der Waals surface area contributed by atoms with Crippen LogP contribution in [0.25, 0.3) is 0 Å². The van der Waals surface area contributed by atoms with Crippen LogP contribution in [0.1, 0.15) is 51.3 Å². The molecule has 2 aromatic rings. The Kier molecular flexibility index (Phi) is 13.2. The minimum Gasteiger partial charge on any atom is -0.465 e. The standard InChI is InChI=1S/C18H26O4.C8H10AsNO5/c1-5-14-10-9-13(11-15(14)6-2)12-16(17(19)21-7-3)18(20)22-8-4;1-5(11)10-8-6(9(13,14)15)3-2-4-7(8)12/h9-11,16H,5-8,12H2,1-4H3;2-4,12H,1H3,(H,10,11)(H2,13,14,15). The Morgan fingerprint density at radius 2 is 1.49 bits per heavy atom. The van der Waals surface area contributed by atoms with Gasteiger partial charge in [-0.25, -0.2) is 0 Å². The summed E-state index contributed by atoms with van der Waals surface area (Å²) in [4.78, 5) is 34.8. The first-order valence-corrected chi connectivity index (χ1v) is 15.4. The Hall–Kier alpha value is -3.07. The molecule has 0 saturated heterocycles. The molecule has 4 N–H and O–H groups in total. The topological polar surface area (TPSA) is 159 Å². The fourth-order valence-electron chi connectivity index (χ4n) is 3.54. The number of hydrogen-bond acceptors (Lipinski definition) is 7. The van der Waals surface area contributed by atoms with E-state index in [1.54, 1.807) is 13.8 Å². The number of nitrogens with one attached hydrogen (secondary N) is 1. The van der Waals surface area contributed by atoms with Crippen LogP contribution in [0, 0.1) is 5.92 Å². The van der Waals surface area contributed by atoms with Crippen molar-refractivity contribution in [2.75, 3.05) is 18.5 Å². The summed E-state index contributed by atoms with van der Waals surface area (Å²) in [5, 5.41) is 11.5. The van der Waals surface area contributed by atoms with Crippen LogP contribution in [0.15, 0.2) is 36.4 Å². The number of carbonyl (C=O) groups is 3. The number of anilines is 1. The second kappa shape index (κ2) is 15.2. The summed E-state index contributed by atoms with van der Waals surface area (Å²) >= 11 is -5.14. The number of carbonyl (C=O) groups excluding carboxylic acids is 3. The van der Waals surface area contributed by atoms with Crippen molar-refractivity contribution in [3.8, 4) is 5.75 Å². The summed E-state index contributed by atoms with van der Waals surface area (Å²) in [5.74, 6) is -2.80. The first kappa shape index (κ1) is 32.0. The Morgan fingerprint density at radius 1 is 0.919 bits per heavy atom. The minimum absolute atomic E-state index is 0.225. The van der Waals surface area contributed by atoms with Crippen molar-refractivity contribution in [1.29, 1.82) is 0 Å². The summed E-state index contributed by atoms with van der Waals surface area (Å²) in [7, 11) is 0. The zero-order valence-electron chi connectivity index (χ0n) is 21.8. The van der Waals surface area contributed by atoms with Gasteiger partial charge < -0.3 is 9.47 Å². The number of amides is 1. The van der Waals surface area contributed by atoms with Gasteiger partial charge in [0.1, 0.15) is 0 Å². The predicted molar refractivity (Wildman–Crippen MR) is 139 cm³/mol. The van der Waals surface area contributed by atoms with Crippen LogP contribution in [0.3, 0.4) is 0 Å². The third-order valence-corrected chi connectivity index (χ3v) is 7.35. The van der Waals surface area contributed by atoms with Gasteiger partial charge in [0.25, 0.3) is 0 Å². The molecule has 0 aromatic heterocycles. The van der Waals surface area contributed by atoms with Gasteiger partial charge in [0.15, 0.2) is 5.92 Å². The summed E-state index contributed by atoms with van der Waals surface area (Å²) in [5.41, 5.74) is 3.29. The quantitative estimate of drug-likeness (QED) is 0.143. The zero-order valence-corrected chi connectivity index (χ0v) is 23.7. The van der Waals surface area contributed by atoms with E-state index in [1.165, 1.54) is 36.2 Å². The molecule has 10 nitrogen and oxygen atoms in total. The third-order valence-electron chi connectivity index (χ3n) is 5.25. The molecule has 0 aliphatic carbocycles. The molecule has 11 heteroatoms. The zero-order chi connectivity index (χ0) is 28.2. The number of rotatable bonds is 10. The van der Waals surface area contributed by atoms with Crippen LogP contribution in [0.4, 0.5) is 5.69 Å². The van der Waals surface area contributed by atoms with E-state index in [2.05, 4.69) is 31.3 Å². The van der Waals surface area contributed by atoms with Gasteiger partial charge in [-0.3, -0.25) is 9.59 Å². The van der Waals surface area contributed by atoms with Crippen LogP contribution in [-0.2, 0) is 46.9 Å². The van der Waals surface area contributed by atoms with Gasteiger partial charge in [-0.2, -0.15) is 0 Å². The predicted octanol–water partition coefficient (Wildman–Crippen LogP) is 2.01. The van der Waals surface area contributed by atoms with Crippen LogP contribution in [0.2, 0.25) is 0 Å². The van der Waals surface area contributed by atoms with Gasteiger partial charge in [0, 0.05) is 0 Å². The fraction of sp³-hybridized carbons (Fsp3) is 0.423. The smallest absolute Gasteiger partial charge is 0.320 e. The van der Waals surface area contributed by atoms with E-state index < -0.39 is 37.9 Å². The van der Waals surface area contributed by atoms with Crippen molar-refractivity contribution in [2.24, 2.45) is 5.92 Å². The number of ether oxygens (including phenoxy) is 2. The van der Waals surface area contributed by atoms with Crippen molar-refractivity contribution >= 4 is 42.1 Å². The molecule has 2 aromatic carbocycles. The maximum Gasteiger partial charge on any atom is 0.320 e. The van der Waals surface area contributed by atoms with E-state index in [1.807, 2.05) is 6.07 Å². The summed E-state index contributed by atoms with van der Waals surface area (Å²) < 4.78 is 38.8. The number of aromatic hydroxyl groups is 1. The molecule has 0 spiro atoms. The van der Waals surface area contributed by atoms with E-state index in [4.69, 9.17) is 17.7 Å². The second-order valence-corrected chi connectivity index (χ2v) is 11.3. The molecule has 0 aliphatic rings. The van der Waals surface area contributed by atoms with Gasteiger partial charge in [0.05, 0.1) is 13.2 Å². The van der Waals surface area contributed by atoms with E-state index >= 15 is 0 Å². The van der Waals surface area contributed by atoms with E-state index in [-0.39, 0.29) is 29.0 Å². The normalized spacial score (nSPS) is 10.8. The molecule has 0 aliphatic heterocycles. The number of benzene rings is 2. The summed E-state index contributed by atoms with van der Waals surface area (Å²) in [6, 6.07) is 9.83. The largest absolute Gasteiger partial charge is 0.465 e. The molecule has 2 rings (SSSR count). The molecule has 0 fully saturated rings. The molecule has 0 heterocycles. The van der Waals surface area contributed by atoms with Crippen LogP contribution in [-0.4, -0.2) is 58.5 Å². The van der Waals surface area contributed by atoms with Gasteiger partial charge in [0.2, 0.25) is 0 Å². The Morgan fingerprint density at radius 3 is 1.95 bits per heavy atom. The Labute approximate surface area is 220 Å². The summed E-state index contributed by atoms with van der Waals surface area (Å²) in [6.07, 6.45) is 2.22. The maximum atomic E-state index is 12.0. The van der Waals surface area contributed by atoms with E-state index in [0.29, 0.717) is 6.42 Å². The fourth-order valence-corrected chi connectivity index (χ4v) is 5.10. The average Bonchev–Trinajstić information content (AvgIpc) is 2.83. The van der Waals surface area contributed by atoms with Crippen molar-refractivity contribution < 1.29 is 40.9 Å². The van der Waals surface area contributed by atoms with Crippen LogP contribution < -0.4 is 9.67 Å². The van der Waals surface area contributed by atoms with Gasteiger partial charge in [-0.1, -0.05) is 32.0 Å². The number of phenols is 1. The number of esters is 2. The maximum absolute atomic E-state index is 12.0. The van der Waals surface area contributed by atoms with Crippen molar-refractivity contribution in [1.82, 2.24) is 0 Å². The number of aryl methyl sites for hydroxylation is 2. The van der Waals surface area contributed by atoms with Crippen molar-refractivity contribution in [2.45, 2.75) is 53.9 Å². The number of phenolic OH excluding ortho intramolecular Hbond substituents is 1. The van der Waals surface area contributed by atoms with Crippen molar-refractivity contribution in [3.63, 3.8) is 0 Å². The van der Waals surface area contributed by atoms with Crippen LogP contribution in [0.5, 0.6) is 5.75 Å². The second-order valence-electron chi connectivity index (χ2n) is 7.97. The molecular formula is C26H36AsNO9. The van der Waals surface area contributed by atoms with Crippen LogP contribution >= 0.6 is 0 Å². The average molecular weight is 581 g/mol. The SMILES string of the molecule is CC(=O)Nc1c(O)cccc1[As](=O)(O)O.CCOC(=O)C(Cc1ccc(CC)c(CC)c1)C(=O)OCC. The molecule has 0 bridgehead atoms.